The van der Waals surface area contributed by atoms with E-state index in [1.54, 1.807) is 18.3 Å². The Kier molecular flexibility index (Phi) is 3.00. The van der Waals surface area contributed by atoms with Gasteiger partial charge in [-0.15, -0.1) is 0 Å². The molecule has 0 unspecified atom stereocenters. The molecule has 0 radical (unpaired) electrons. The minimum atomic E-state index is -0.885. The van der Waals surface area contributed by atoms with Gasteiger partial charge in [0.2, 0.25) is 0 Å². The minimum Gasteiger partial charge on any atom is -0.392 e. The lowest BCUT2D eigenvalue weighted by Crippen LogP contribution is -2.34. The van der Waals surface area contributed by atoms with Crippen molar-refractivity contribution in [3.05, 3.63) is 29.6 Å². The van der Waals surface area contributed by atoms with Crippen molar-refractivity contribution in [1.82, 2.24) is 4.98 Å². The number of pyridine rings is 1. The highest BCUT2D eigenvalue weighted by molar-refractivity contribution is 5.20. The summed E-state index contributed by atoms with van der Waals surface area (Å²) >= 11 is 0. The normalized spacial score (nSPS) is 20.1. The maximum Gasteiger partial charge on any atom is 0.111 e. The fourth-order valence-electron chi connectivity index (χ4n) is 1.79. The van der Waals surface area contributed by atoms with Crippen molar-refractivity contribution in [2.24, 2.45) is 0 Å². The molecule has 2 N–H and O–H groups in total. The molecule has 2 rings (SSSR count). The molecule has 0 amide bonds. The number of nitrogens with zero attached hydrogens (tertiary/aromatic N) is 1. The molecule has 1 aromatic rings. The van der Waals surface area contributed by atoms with E-state index in [4.69, 9.17) is 9.84 Å². The topological polar surface area (TPSA) is 62.6 Å². The predicted molar refractivity (Wildman–Crippen MR) is 54.1 cm³/mol. The highest BCUT2D eigenvalue weighted by atomic mass is 16.5. The Balaban J connectivity index is 2.26. The second kappa shape index (κ2) is 4.26. The standard InChI is InChI=1S/C11H15NO3/c13-8-9-1-4-12-10(7-9)11(14)2-5-15-6-3-11/h1,4,7,13-14H,2-3,5-6,8H2. The first kappa shape index (κ1) is 10.5. The summed E-state index contributed by atoms with van der Waals surface area (Å²) in [5, 5.41) is 19.3. The lowest BCUT2D eigenvalue weighted by Gasteiger charge is -2.31. The van der Waals surface area contributed by atoms with Gasteiger partial charge >= 0.3 is 0 Å². The average Bonchev–Trinajstić information content (AvgIpc) is 2.30. The number of ether oxygens (including phenoxy) is 1. The molecule has 2 heterocycles. The Morgan fingerprint density at radius 1 is 1.40 bits per heavy atom. The van der Waals surface area contributed by atoms with E-state index in [0.717, 1.165) is 5.56 Å². The number of aliphatic hydroxyl groups is 2. The number of aliphatic hydroxyl groups excluding tert-OH is 1. The molecular weight excluding hydrogens is 194 g/mol. The number of rotatable bonds is 2. The first-order valence-corrected chi connectivity index (χ1v) is 5.11. The van der Waals surface area contributed by atoms with Crippen molar-refractivity contribution >= 4 is 0 Å². The zero-order chi connectivity index (χ0) is 10.7. The summed E-state index contributed by atoms with van der Waals surface area (Å²) in [6, 6.07) is 3.50. The van der Waals surface area contributed by atoms with Crippen LogP contribution in [0, 0.1) is 0 Å². The van der Waals surface area contributed by atoms with E-state index in [0.29, 0.717) is 31.7 Å². The van der Waals surface area contributed by atoms with Gasteiger partial charge in [-0.2, -0.15) is 0 Å². The Labute approximate surface area is 88.5 Å². The van der Waals surface area contributed by atoms with Crippen LogP contribution in [0.25, 0.3) is 0 Å². The van der Waals surface area contributed by atoms with Gasteiger partial charge in [0.15, 0.2) is 0 Å². The summed E-state index contributed by atoms with van der Waals surface area (Å²) in [4.78, 5) is 4.17. The zero-order valence-electron chi connectivity index (χ0n) is 8.52. The molecule has 0 aromatic carbocycles. The molecule has 0 spiro atoms. The van der Waals surface area contributed by atoms with Crippen LogP contribution >= 0.6 is 0 Å². The minimum absolute atomic E-state index is 0.0257. The molecule has 0 bridgehead atoms. The van der Waals surface area contributed by atoms with E-state index >= 15 is 0 Å². The highest BCUT2D eigenvalue weighted by Crippen LogP contribution is 2.30. The van der Waals surface area contributed by atoms with E-state index in [-0.39, 0.29) is 6.61 Å². The van der Waals surface area contributed by atoms with E-state index in [9.17, 15) is 5.11 Å². The molecule has 1 aliphatic heterocycles. The van der Waals surface area contributed by atoms with Crippen molar-refractivity contribution in [3.63, 3.8) is 0 Å². The third-order valence-corrected chi connectivity index (χ3v) is 2.80. The molecule has 0 saturated carbocycles. The van der Waals surface area contributed by atoms with Gasteiger partial charge in [0.25, 0.3) is 0 Å². The van der Waals surface area contributed by atoms with Crippen molar-refractivity contribution in [2.45, 2.75) is 25.0 Å². The summed E-state index contributed by atoms with van der Waals surface area (Å²) in [5.74, 6) is 0. The molecule has 0 aliphatic carbocycles. The average molecular weight is 209 g/mol. The van der Waals surface area contributed by atoms with Crippen molar-refractivity contribution in [3.8, 4) is 0 Å². The van der Waals surface area contributed by atoms with Crippen molar-refractivity contribution in [2.75, 3.05) is 13.2 Å². The van der Waals surface area contributed by atoms with Crippen LogP contribution in [0.4, 0.5) is 0 Å². The van der Waals surface area contributed by atoms with Gasteiger partial charge in [0.05, 0.1) is 12.3 Å². The lowest BCUT2D eigenvalue weighted by atomic mass is 9.90. The second-order valence-corrected chi connectivity index (χ2v) is 3.85. The molecule has 15 heavy (non-hydrogen) atoms. The smallest absolute Gasteiger partial charge is 0.111 e. The molecule has 1 fully saturated rings. The maximum absolute atomic E-state index is 10.3. The molecule has 4 heteroatoms. The summed E-state index contributed by atoms with van der Waals surface area (Å²) < 4.78 is 5.21. The van der Waals surface area contributed by atoms with Crippen LogP contribution in [-0.2, 0) is 16.9 Å². The van der Waals surface area contributed by atoms with Crippen LogP contribution in [0.1, 0.15) is 24.1 Å². The lowest BCUT2D eigenvalue weighted by molar-refractivity contribution is -0.0706. The van der Waals surface area contributed by atoms with Crippen LogP contribution in [0.15, 0.2) is 18.3 Å². The molecule has 82 valence electrons. The Bertz CT molecular complexity index is 334. The summed E-state index contributed by atoms with van der Waals surface area (Å²) in [6.45, 7) is 1.09. The first-order chi connectivity index (χ1) is 7.24. The van der Waals surface area contributed by atoms with E-state index < -0.39 is 5.60 Å². The fraction of sp³-hybridized carbons (Fsp3) is 0.545. The zero-order valence-corrected chi connectivity index (χ0v) is 8.52. The van der Waals surface area contributed by atoms with Gasteiger partial charge in [-0.1, -0.05) is 0 Å². The largest absolute Gasteiger partial charge is 0.392 e. The van der Waals surface area contributed by atoms with Crippen LogP contribution in [0.5, 0.6) is 0 Å². The monoisotopic (exact) mass is 209 g/mol. The van der Waals surface area contributed by atoms with Gasteiger partial charge in [0, 0.05) is 32.3 Å². The van der Waals surface area contributed by atoms with Crippen LogP contribution in [-0.4, -0.2) is 28.4 Å². The van der Waals surface area contributed by atoms with Gasteiger partial charge < -0.3 is 14.9 Å². The molecule has 0 atom stereocenters. The van der Waals surface area contributed by atoms with E-state index in [2.05, 4.69) is 4.98 Å². The Morgan fingerprint density at radius 2 is 2.13 bits per heavy atom. The SMILES string of the molecule is OCc1ccnc(C2(O)CCOCC2)c1. The van der Waals surface area contributed by atoms with Crippen LogP contribution < -0.4 is 0 Å². The van der Waals surface area contributed by atoms with E-state index in [1.807, 2.05) is 0 Å². The summed E-state index contributed by atoms with van der Waals surface area (Å²) in [7, 11) is 0. The first-order valence-electron chi connectivity index (χ1n) is 5.11. The second-order valence-electron chi connectivity index (χ2n) is 3.85. The molecule has 1 aliphatic rings. The fourth-order valence-corrected chi connectivity index (χ4v) is 1.79. The molecule has 4 nitrogen and oxygen atoms in total. The van der Waals surface area contributed by atoms with Gasteiger partial charge in [-0.05, 0) is 17.7 Å². The van der Waals surface area contributed by atoms with Crippen LogP contribution in [0.2, 0.25) is 0 Å². The molecular formula is C11H15NO3. The number of hydrogen-bond acceptors (Lipinski definition) is 4. The summed E-state index contributed by atoms with van der Waals surface area (Å²) in [6.07, 6.45) is 2.75. The number of aromatic nitrogens is 1. The third-order valence-electron chi connectivity index (χ3n) is 2.80. The molecule has 1 aromatic heterocycles. The van der Waals surface area contributed by atoms with Gasteiger partial charge in [-0.3, -0.25) is 4.98 Å². The maximum atomic E-state index is 10.3. The van der Waals surface area contributed by atoms with Gasteiger partial charge in [0.1, 0.15) is 5.60 Å². The predicted octanol–water partition coefficient (Wildman–Crippen LogP) is 0.572. The number of hydrogen-bond donors (Lipinski definition) is 2. The Hall–Kier alpha value is -0.970. The van der Waals surface area contributed by atoms with Crippen molar-refractivity contribution < 1.29 is 14.9 Å². The summed E-state index contributed by atoms with van der Waals surface area (Å²) in [5.41, 5.74) is 0.529. The highest BCUT2D eigenvalue weighted by Gasteiger charge is 2.33. The molecule has 1 saturated heterocycles. The van der Waals surface area contributed by atoms with Crippen LogP contribution in [0.3, 0.4) is 0 Å². The van der Waals surface area contributed by atoms with Crippen molar-refractivity contribution in [1.29, 1.82) is 0 Å². The van der Waals surface area contributed by atoms with E-state index in [1.165, 1.54) is 0 Å². The quantitative estimate of drug-likeness (QED) is 0.747. The third kappa shape index (κ3) is 2.17. The van der Waals surface area contributed by atoms with Gasteiger partial charge in [-0.25, -0.2) is 0 Å². The Morgan fingerprint density at radius 3 is 2.80 bits per heavy atom.